The number of rotatable bonds is 5. The van der Waals surface area contributed by atoms with Crippen molar-refractivity contribution >= 4 is 23.1 Å². The molecule has 1 aromatic heterocycles. The second-order valence-corrected chi connectivity index (χ2v) is 4.01. The van der Waals surface area contributed by atoms with Gasteiger partial charge in [-0.15, -0.1) is 0 Å². The fraction of sp³-hybridized carbons (Fsp3) is 0.364. The lowest BCUT2D eigenvalue weighted by molar-refractivity contribution is 0.0948. The van der Waals surface area contributed by atoms with Gasteiger partial charge in [0.15, 0.2) is 0 Å². The lowest BCUT2D eigenvalue weighted by atomic mass is 10.3. The number of hydrogen-bond donors (Lipinski definition) is 2. The second kappa shape index (κ2) is 6.17. The van der Waals surface area contributed by atoms with Crippen LogP contribution in [0.4, 0.5) is 0 Å². The van der Waals surface area contributed by atoms with E-state index in [-0.39, 0.29) is 5.91 Å². The number of thiocarbonyl (C=S) groups is 1. The SMILES string of the molecule is Cc1cccc(C(=O)NCCCC(N)=S)n1. The van der Waals surface area contributed by atoms with E-state index >= 15 is 0 Å². The van der Waals surface area contributed by atoms with Crippen LogP contribution >= 0.6 is 12.2 Å². The molecule has 0 atom stereocenters. The van der Waals surface area contributed by atoms with E-state index in [2.05, 4.69) is 10.3 Å². The molecule has 1 heterocycles. The summed E-state index contributed by atoms with van der Waals surface area (Å²) >= 11 is 4.74. The Labute approximate surface area is 100 Å². The van der Waals surface area contributed by atoms with Crippen molar-refractivity contribution in [1.29, 1.82) is 0 Å². The molecule has 0 aliphatic rings. The number of pyridine rings is 1. The molecule has 4 nitrogen and oxygen atoms in total. The Bertz CT molecular complexity index is 393. The number of nitrogens with zero attached hydrogens (tertiary/aromatic N) is 1. The molecule has 5 heteroatoms. The lowest BCUT2D eigenvalue weighted by Crippen LogP contribution is -2.26. The Hall–Kier alpha value is -1.49. The van der Waals surface area contributed by atoms with Crippen molar-refractivity contribution in [3.8, 4) is 0 Å². The van der Waals surface area contributed by atoms with Crippen LogP contribution < -0.4 is 11.1 Å². The van der Waals surface area contributed by atoms with Gasteiger partial charge in [-0.05, 0) is 31.9 Å². The third kappa shape index (κ3) is 4.35. The zero-order chi connectivity index (χ0) is 12.0. The van der Waals surface area contributed by atoms with Crippen LogP contribution in [0.2, 0.25) is 0 Å². The minimum atomic E-state index is -0.161. The molecule has 16 heavy (non-hydrogen) atoms. The molecular weight excluding hydrogens is 222 g/mol. The topological polar surface area (TPSA) is 68.0 Å². The number of amides is 1. The quantitative estimate of drug-likeness (QED) is 0.596. The van der Waals surface area contributed by atoms with E-state index in [1.807, 2.05) is 19.1 Å². The molecule has 0 saturated carbocycles. The number of nitrogens with two attached hydrogens (primary N) is 1. The van der Waals surface area contributed by atoms with Gasteiger partial charge in [0, 0.05) is 12.2 Å². The predicted octanol–water partition coefficient (Wildman–Crippen LogP) is 1.19. The van der Waals surface area contributed by atoms with Crippen LogP contribution in [0.5, 0.6) is 0 Å². The van der Waals surface area contributed by atoms with Crippen LogP contribution in [-0.2, 0) is 0 Å². The van der Waals surface area contributed by atoms with E-state index in [4.69, 9.17) is 18.0 Å². The van der Waals surface area contributed by atoms with Crippen LogP contribution in [0.25, 0.3) is 0 Å². The fourth-order valence-corrected chi connectivity index (χ4v) is 1.37. The van der Waals surface area contributed by atoms with Crippen molar-refractivity contribution in [2.75, 3.05) is 6.54 Å². The van der Waals surface area contributed by atoms with Crippen molar-refractivity contribution < 1.29 is 4.79 Å². The molecule has 1 rings (SSSR count). The van der Waals surface area contributed by atoms with E-state index in [0.29, 0.717) is 23.6 Å². The number of carbonyl (C=O) groups is 1. The van der Waals surface area contributed by atoms with Gasteiger partial charge in [-0.1, -0.05) is 18.3 Å². The number of aryl methyl sites for hydroxylation is 1. The summed E-state index contributed by atoms with van der Waals surface area (Å²) in [6.45, 7) is 2.41. The van der Waals surface area contributed by atoms with E-state index in [1.165, 1.54) is 0 Å². The van der Waals surface area contributed by atoms with Crippen LogP contribution in [0.1, 0.15) is 29.0 Å². The van der Waals surface area contributed by atoms with Crippen LogP contribution in [0.15, 0.2) is 18.2 Å². The summed E-state index contributed by atoms with van der Waals surface area (Å²) in [7, 11) is 0. The van der Waals surface area contributed by atoms with Gasteiger partial charge in [-0.3, -0.25) is 4.79 Å². The predicted molar refractivity (Wildman–Crippen MR) is 67.3 cm³/mol. The summed E-state index contributed by atoms with van der Waals surface area (Å²) in [4.78, 5) is 16.2. The average molecular weight is 237 g/mol. The molecule has 0 spiro atoms. The monoisotopic (exact) mass is 237 g/mol. The average Bonchev–Trinajstić information content (AvgIpc) is 2.24. The minimum Gasteiger partial charge on any atom is -0.393 e. The summed E-state index contributed by atoms with van der Waals surface area (Å²) in [6, 6.07) is 5.35. The van der Waals surface area contributed by atoms with E-state index in [0.717, 1.165) is 12.1 Å². The first-order valence-electron chi connectivity index (χ1n) is 5.10. The molecule has 0 saturated heterocycles. The molecular formula is C11H15N3OS. The third-order valence-corrected chi connectivity index (χ3v) is 2.21. The minimum absolute atomic E-state index is 0.161. The Morgan fingerprint density at radius 3 is 2.94 bits per heavy atom. The summed E-state index contributed by atoms with van der Waals surface area (Å²) in [5, 5.41) is 2.76. The van der Waals surface area contributed by atoms with E-state index < -0.39 is 0 Å². The number of hydrogen-bond acceptors (Lipinski definition) is 3. The van der Waals surface area contributed by atoms with Crippen molar-refractivity contribution in [1.82, 2.24) is 10.3 Å². The molecule has 3 N–H and O–H groups in total. The van der Waals surface area contributed by atoms with Crippen LogP contribution in [0, 0.1) is 6.92 Å². The van der Waals surface area contributed by atoms with Gasteiger partial charge in [-0.25, -0.2) is 4.98 Å². The van der Waals surface area contributed by atoms with Gasteiger partial charge >= 0.3 is 0 Å². The number of carbonyl (C=O) groups excluding carboxylic acids is 1. The highest BCUT2D eigenvalue weighted by molar-refractivity contribution is 7.80. The smallest absolute Gasteiger partial charge is 0.269 e. The van der Waals surface area contributed by atoms with Crippen molar-refractivity contribution in [2.45, 2.75) is 19.8 Å². The molecule has 1 aromatic rings. The highest BCUT2D eigenvalue weighted by Crippen LogP contribution is 1.98. The first-order chi connectivity index (χ1) is 7.59. The van der Waals surface area contributed by atoms with Gasteiger partial charge in [0.1, 0.15) is 5.69 Å². The van der Waals surface area contributed by atoms with Gasteiger partial charge in [0.2, 0.25) is 0 Å². The third-order valence-electron chi connectivity index (χ3n) is 2.01. The molecule has 0 unspecified atom stereocenters. The molecule has 1 amide bonds. The standard InChI is InChI=1S/C11H15N3OS/c1-8-4-2-5-9(14-8)11(15)13-7-3-6-10(12)16/h2,4-5H,3,6-7H2,1H3,(H2,12,16)(H,13,15). The van der Waals surface area contributed by atoms with E-state index in [1.54, 1.807) is 6.07 Å². The largest absolute Gasteiger partial charge is 0.393 e. The Balaban J connectivity index is 2.38. The molecule has 0 bridgehead atoms. The van der Waals surface area contributed by atoms with Crippen molar-refractivity contribution in [3.05, 3.63) is 29.6 Å². The van der Waals surface area contributed by atoms with Crippen LogP contribution in [0.3, 0.4) is 0 Å². The molecule has 86 valence electrons. The summed E-state index contributed by atoms with van der Waals surface area (Å²) in [5.41, 5.74) is 6.62. The molecule has 0 aromatic carbocycles. The molecule has 0 aliphatic heterocycles. The van der Waals surface area contributed by atoms with Crippen LogP contribution in [-0.4, -0.2) is 22.4 Å². The maximum Gasteiger partial charge on any atom is 0.269 e. The van der Waals surface area contributed by atoms with E-state index in [9.17, 15) is 4.79 Å². The Morgan fingerprint density at radius 1 is 1.56 bits per heavy atom. The maximum atomic E-state index is 11.6. The molecule has 0 aliphatic carbocycles. The highest BCUT2D eigenvalue weighted by Gasteiger charge is 2.05. The lowest BCUT2D eigenvalue weighted by Gasteiger charge is -2.04. The Kier molecular flexibility index (Phi) is 4.85. The summed E-state index contributed by atoms with van der Waals surface area (Å²) in [5.74, 6) is -0.161. The first-order valence-corrected chi connectivity index (χ1v) is 5.50. The number of aromatic nitrogens is 1. The maximum absolute atomic E-state index is 11.6. The van der Waals surface area contributed by atoms with Gasteiger partial charge in [0.05, 0.1) is 4.99 Å². The number of nitrogens with one attached hydrogen (secondary N) is 1. The van der Waals surface area contributed by atoms with Crippen molar-refractivity contribution in [2.24, 2.45) is 5.73 Å². The zero-order valence-corrected chi connectivity index (χ0v) is 10.0. The summed E-state index contributed by atoms with van der Waals surface area (Å²) < 4.78 is 0. The first kappa shape index (κ1) is 12.6. The van der Waals surface area contributed by atoms with Gasteiger partial charge < -0.3 is 11.1 Å². The van der Waals surface area contributed by atoms with Crippen molar-refractivity contribution in [3.63, 3.8) is 0 Å². The summed E-state index contributed by atoms with van der Waals surface area (Å²) in [6.07, 6.45) is 1.41. The second-order valence-electron chi connectivity index (χ2n) is 3.49. The zero-order valence-electron chi connectivity index (χ0n) is 9.19. The molecule has 0 radical (unpaired) electrons. The normalized spacial score (nSPS) is 9.81. The Morgan fingerprint density at radius 2 is 2.31 bits per heavy atom. The highest BCUT2D eigenvalue weighted by atomic mass is 32.1. The fourth-order valence-electron chi connectivity index (χ4n) is 1.22. The van der Waals surface area contributed by atoms with Gasteiger partial charge in [0.25, 0.3) is 5.91 Å². The molecule has 0 fully saturated rings. The van der Waals surface area contributed by atoms with Gasteiger partial charge in [-0.2, -0.15) is 0 Å².